The van der Waals surface area contributed by atoms with E-state index in [0.29, 0.717) is 16.7 Å². The molecule has 0 aromatic carbocycles. The van der Waals surface area contributed by atoms with E-state index in [-0.39, 0.29) is 28.1 Å². The number of allylic oxidation sites excluding steroid dienone is 1. The summed E-state index contributed by atoms with van der Waals surface area (Å²) in [5, 5.41) is 25.5. The van der Waals surface area contributed by atoms with Crippen LogP contribution in [0.2, 0.25) is 0 Å². The van der Waals surface area contributed by atoms with Crippen LogP contribution >= 0.6 is 34.9 Å². The Morgan fingerprint density at radius 1 is 1.31 bits per heavy atom. The molecule has 5 N–H and O–H groups in total. The van der Waals surface area contributed by atoms with Crippen LogP contribution in [0, 0.1) is 0 Å². The third-order valence-electron chi connectivity index (χ3n) is 5.66. The van der Waals surface area contributed by atoms with Crippen LogP contribution in [-0.2, 0) is 28.8 Å². The van der Waals surface area contributed by atoms with Gasteiger partial charge in [0.25, 0.3) is 11.8 Å². The van der Waals surface area contributed by atoms with Gasteiger partial charge < -0.3 is 31.0 Å². The molecular formula is C22H22N6O8S3. The van der Waals surface area contributed by atoms with Crippen molar-refractivity contribution in [2.24, 2.45) is 5.16 Å². The average molecular weight is 595 g/mol. The maximum Gasteiger partial charge on any atom is 0.352 e. The van der Waals surface area contributed by atoms with E-state index in [9.17, 15) is 29.1 Å². The molecule has 4 aliphatic heterocycles. The largest absolute Gasteiger partial charge is 0.479 e. The van der Waals surface area contributed by atoms with Crippen molar-refractivity contribution >= 4 is 75.4 Å². The first-order valence-electron chi connectivity index (χ1n) is 11.2. The number of aromatic nitrogens is 1. The van der Waals surface area contributed by atoms with Gasteiger partial charge in [-0.25, -0.2) is 14.6 Å². The smallest absolute Gasteiger partial charge is 0.352 e. The van der Waals surface area contributed by atoms with Crippen LogP contribution in [0.25, 0.3) is 0 Å². The number of nitrogens with zero attached hydrogens (tertiary/aromatic N) is 4. The predicted molar refractivity (Wildman–Crippen MR) is 143 cm³/mol. The number of carbonyl (C=O) groups excluding carboxylic acids is 3. The zero-order valence-corrected chi connectivity index (χ0v) is 22.5. The highest BCUT2D eigenvalue weighted by molar-refractivity contribution is 8.00. The minimum Gasteiger partial charge on any atom is -0.479 e. The Hall–Kier alpha value is -3.83. The SMILES string of the molecule is C=CC1=C(C(=O)O)N2C(=O)[C@@H](NC(=O)/C(=N\OCC(=O)O)c3csc(N)n3)[C@H]2SC1.O=C1C[C@H]2SCC=CN12. The summed E-state index contributed by atoms with van der Waals surface area (Å²) in [5.74, 6) is -2.39. The van der Waals surface area contributed by atoms with Gasteiger partial charge in [-0.2, -0.15) is 0 Å². The average Bonchev–Trinajstić information content (AvgIpc) is 3.33. The predicted octanol–water partition coefficient (Wildman–Crippen LogP) is 0.261. The number of nitrogens with one attached hydrogen (secondary N) is 1. The monoisotopic (exact) mass is 594 g/mol. The number of rotatable bonds is 8. The van der Waals surface area contributed by atoms with Crippen LogP contribution < -0.4 is 11.1 Å². The molecular weight excluding hydrogens is 572 g/mol. The topological polar surface area (TPSA) is 205 Å². The number of aliphatic carboxylic acids is 2. The summed E-state index contributed by atoms with van der Waals surface area (Å²) in [6, 6.07) is -1.01. The second-order valence-electron chi connectivity index (χ2n) is 8.10. The molecule has 5 heterocycles. The maximum absolute atomic E-state index is 12.7. The number of carboxylic acids is 2. The highest BCUT2D eigenvalue weighted by Gasteiger charge is 2.54. The van der Waals surface area contributed by atoms with Crippen molar-refractivity contribution in [2.75, 3.05) is 23.8 Å². The fourth-order valence-corrected chi connectivity index (χ4v) is 6.72. The van der Waals surface area contributed by atoms with Crippen molar-refractivity contribution in [1.82, 2.24) is 20.1 Å². The van der Waals surface area contributed by atoms with E-state index in [1.54, 1.807) is 4.90 Å². The standard InChI is InChI=1S/C16H15N5O7S2.C6H7NOS/c1-2-6-4-29-14-10(13(25)21(14)11(6)15(26)27)19-12(24)9(20-28-3-8(22)23)7-5-30-16(17)18-7;8-5-4-6-7(5)2-1-3-9-6/h2,5,10,14H,1,3-4H2,(H2,17,18)(H,19,24)(H,22,23)(H,26,27);1-2,6H,3-4H2/b20-9-;/t10-,14-;6-/m11/s1. The first-order chi connectivity index (χ1) is 18.6. The molecule has 0 aliphatic carbocycles. The van der Waals surface area contributed by atoms with Crippen LogP contribution in [-0.4, -0.2) is 95.3 Å². The number of carbonyl (C=O) groups is 5. The molecule has 3 atom stereocenters. The zero-order chi connectivity index (χ0) is 28.3. The van der Waals surface area contributed by atoms with Gasteiger partial charge in [0.1, 0.15) is 22.8 Å². The van der Waals surface area contributed by atoms with Gasteiger partial charge in [-0.05, 0) is 5.57 Å². The molecule has 5 rings (SSSR count). The number of β-lactam (4-membered cyclic amide) rings is 2. The van der Waals surface area contributed by atoms with Crippen LogP contribution in [0.4, 0.5) is 5.13 Å². The molecule has 4 aliphatic rings. The number of nitrogens with two attached hydrogens (primary N) is 1. The Labute approximate surface area is 233 Å². The summed E-state index contributed by atoms with van der Waals surface area (Å²) < 4.78 is 0. The van der Waals surface area contributed by atoms with Gasteiger partial charge in [-0.15, -0.1) is 34.9 Å². The molecule has 0 unspecified atom stereocenters. The third-order valence-corrected chi connectivity index (χ3v) is 8.79. The van der Waals surface area contributed by atoms with Crippen LogP contribution in [0.3, 0.4) is 0 Å². The lowest BCUT2D eigenvalue weighted by Crippen LogP contribution is -2.71. The van der Waals surface area contributed by atoms with Crippen molar-refractivity contribution in [3.05, 3.63) is 47.3 Å². The molecule has 0 radical (unpaired) electrons. The second-order valence-corrected chi connectivity index (χ2v) is 11.3. The Bertz CT molecular complexity index is 1320. The van der Waals surface area contributed by atoms with Gasteiger partial charge >= 0.3 is 11.9 Å². The van der Waals surface area contributed by atoms with Gasteiger partial charge in [0.15, 0.2) is 10.8 Å². The van der Waals surface area contributed by atoms with Gasteiger partial charge in [0.2, 0.25) is 12.5 Å². The van der Waals surface area contributed by atoms with Crippen LogP contribution in [0.5, 0.6) is 0 Å². The lowest BCUT2D eigenvalue weighted by atomic mass is 10.0. The fourth-order valence-electron chi connectivity index (χ4n) is 3.81. The molecule has 39 heavy (non-hydrogen) atoms. The Balaban J connectivity index is 0.000000327. The van der Waals surface area contributed by atoms with E-state index in [2.05, 4.69) is 26.9 Å². The molecule has 0 saturated carbocycles. The molecule has 1 aromatic rings. The summed E-state index contributed by atoms with van der Waals surface area (Å²) >= 11 is 4.13. The Kier molecular flexibility index (Phi) is 8.61. The summed E-state index contributed by atoms with van der Waals surface area (Å²) in [7, 11) is 0. The first-order valence-corrected chi connectivity index (χ1v) is 14.2. The maximum atomic E-state index is 12.7. The summed E-state index contributed by atoms with van der Waals surface area (Å²) in [4.78, 5) is 69.6. The van der Waals surface area contributed by atoms with E-state index in [0.717, 1.165) is 28.4 Å². The highest BCUT2D eigenvalue weighted by atomic mass is 32.2. The number of oxime groups is 1. The fraction of sp³-hybridized carbons (Fsp3) is 0.318. The molecule has 0 spiro atoms. The summed E-state index contributed by atoms with van der Waals surface area (Å²) in [6.45, 7) is 2.77. The van der Waals surface area contributed by atoms with Crippen molar-refractivity contribution in [1.29, 1.82) is 0 Å². The van der Waals surface area contributed by atoms with Crippen molar-refractivity contribution in [3.8, 4) is 0 Å². The summed E-state index contributed by atoms with van der Waals surface area (Å²) in [5.41, 5.74) is 5.48. The van der Waals surface area contributed by atoms with E-state index < -0.39 is 41.8 Å². The molecule has 3 amide bonds. The normalized spacial score (nSPS) is 23.4. The Morgan fingerprint density at radius 2 is 2.08 bits per heavy atom. The number of anilines is 1. The van der Waals surface area contributed by atoms with Gasteiger partial charge in [0.05, 0.1) is 11.8 Å². The zero-order valence-electron chi connectivity index (χ0n) is 20.0. The molecule has 2 fully saturated rings. The molecule has 14 nitrogen and oxygen atoms in total. The minimum absolute atomic E-state index is 0.0420. The third kappa shape index (κ3) is 5.94. The number of thiazole rings is 1. The number of hydrogen-bond donors (Lipinski definition) is 4. The van der Waals surface area contributed by atoms with Crippen molar-refractivity contribution in [3.63, 3.8) is 0 Å². The van der Waals surface area contributed by atoms with Crippen molar-refractivity contribution < 1.29 is 39.0 Å². The summed E-state index contributed by atoms with van der Waals surface area (Å²) in [6.07, 6.45) is 6.04. The lowest BCUT2D eigenvalue weighted by molar-refractivity contribution is -0.150. The molecule has 17 heteroatoms. The lowest BCUT2D eigenvalue weighted by Gasteiger charge is -2.49. The van der Waals surface area contributed by atoms with E-state index in [4.69, 9.17) is 10.8 Å². The molecule has 206 valence electrons. The number of carboxylic acid groups (broad SMARTS) is 2. The number of amides is 3. The van der Waals surface area contributed by atoms with Gasteiger partial charge in [-0.3, -0.25) is 19.3 Å². The minimum atomic E-state index is -1.30. The van der Waals surface area contributed by atoms with Crippen molar-refractivity contribution in [2.45, 2.75) is 23.2 Å². The van der Waals surface area contributed by atoms with Gasteiger partial charge in [-0.1, -0.05) is 23.9 Å². The van der Waals surface area contributed by atoms with E-state index >= 15 is 0 Å². The number of hydrogen-bond acceptors (Lipinski definition) is 12. The van der Waals surface area contributed by atoms with E-state index in [1.165, 1.54) is 23.2 Å². The van der Waals surface area contributed by atoms with Crippen LogP contribution in [0.15, 0.2) is 46.7 Å². The number of thioether (sulfide) groups is 2. The molecule has 1 aromatic heterocycles. The van der Waals surface area contributed by atoms with Crippen LogP contribution in [0.1, 0.15) is 12.1 Å². The second kappa shape index (κ2) is 11.9. The van der Waals surface area contributed by atoms with E-state index in [1.807, 2.05) is 24.0 Å². The molecule has 0 bridgehead atoms. The quantitative estimate of drug-likeness (QED) is 0.182. The number of fused-ring (bicyclic) bond motifs is 2. The van der Waals surface area contributed by atoms with Gasteiger partial charge in [0, 0.05) is 23.1 Å². The Morgan fingerprint density at radius 3 is 2.64 bits per heavy atom. The first kappa shape index (κ1) is 28.2. The number of nitrogen functional groups attached to an aromatic ring is 1. The highest BCUT2D eigenvalue weighted by Crippen LogP contribution is 2.40. The molecule has 2 saturated heterocycles.